The highest BCUT2D eigenvalue weighted by Gasteiger charge is 2.14. The molecular weight excluding hydrogens is 390 g/mol. The molecule has 0 unspecified atom stereocenters. The van der Waals surface area contributed by atoms with Crippen LogP contribution in [0.3, 0.4) is 0 Å². The summed E-state index contributed by atoms with van der Waals surface area (Å²) in [6.07, 6.45) is 1.56. The Labute approximate surface area is 181 Å². The molecule has 8 N–H and O–H groups in total. The highest BCUT2D eigenvalue weighted by molar-refractivity contribution is 6.10. The smallest absolute Gasteiger partial charge is 0.257 e. The molecule has 7 nitrogen and oxygen atoms in total. The van der Waals surface area contributed by atoms with Gasteiger partial charge >= 0.3 is 0 Å². The average molecular weight is 418 g/mol. The first-order valence-corrected chi connectivity index (χ1v) is 10.1. The maximum atomic E-state index is 12.6. The van der Waals surface area contributed by atoms with Crippen LogP contribution in [0.2, 0.25) is 0 Å². The number of benzene rings is 3. The molecule has 31 heavy (non-hydrogen) atoms. The topological polar surface area (TPSA) is 136 Å². The second-order valence-electron chi connectivity index (χ2n) is 7.18. The standard InChI is InChI=1S/C24H27N5O2/c25-13-11-16-1-6-19(7-2-16)28-23(30)18-5-10-21(22(27)15-18)24(31)29-20-8-3-17(4-9-20)12-14-26/h1-10,15H,11-14,25-27H2,(H,28,30)(H,29,31). The Kier molecular flexibility index (Phi) is 7.37. The zero-order valence-corrected chi connectivity index (χ0v) is 17.2. The van der Waals surface area contributed by atoms with Gasteiger partial charge in [0.15, 0.2) is 0 Å². The van der Waals surface area contributed by atoms with Crippen molar-refractivity contribution < 1.29 is 9.59 Å². The van der Waals surface area contributed by atoms with Gasteiger partial charge in [0.25, 0.3) is 11.8 Å². The van der Waals surface area contributed by atoms with E-state index < -0.39 is 0 Å². The molecule has 2 amide bonds. The van der Waals surface area contributed by atoms with Crippen molar-refractivity contribution in [3.8, 4) is 0 Å². The Balaban J connectivity index is 1.65. The zero-order chi connectivity index (χ0) is 22.2. The Morgan fingerprint density at radius 2 is 1.16 bits per heavy atom. The molecule has 0 aromatic heterocycles. The van der Waals surface area contributed by atoms with Crippen LogP contribution in [0.4, 0.5) is 17.1 Å². The lowest BCUT2D eigenvalue weighted by molar-refractivity contribution is 0.101. The zero-order valence-electron chi connectivity index (χ0n) is 17.2. The van der Waals surface area contributed by atoms with Gasteiger partial charge in [-0.25, -0.2) is 0 Å². The first-order valence-electron chi connectivity index (χ1n) is 10.1. The molecule has 0 atom stereocenters. The summed E-state index contributed by atoms with van der Waals surface area (Å²) in [4.78, 5) is 25.1. The van der Waals surface area contributed by atoms with Crippen molar-refractivity contribution >= 4 is 28.9 Å². The van der Waals surface area contributed by atoms with E-state index in [9.17, 15) is 9.59 Å². The first kappa shape index (κ1) is 22.0. The fourth-order valence-corrected chi connectivity index (χ4v) is 3.16. The van der Waals surface area contributed by atoms with E-state index in [0.717, 1.165) is 24.0 Å². The molecule has 0 aliphatic heterocycles. The lowest BCUT2D eigenvalue weighted by atomic mass is 10.1. The lowest BCUT2D eigenvalue weighted by Crippen LogP contribution is -2.16. The van der Waals surface area contributed by atoms with E-state index in [1.54, 1.807) is 12.1 Å². The average Bonchev–Trinajstić information content (AvgIpc) is 2.76. The molecule has 0 spiro atoms. The van der Waals surface area contributed by atoms with Gasteiger partial charge in [0.1, 0.15) is 0 Å². The van der Waals surface area contributed by atoms with Crippen molar-refractivity contribution in [1.82, 2.24) is 0 Å². The predicted octanol–water partition coefficient (Wildman–Crippen LogP) is 2.78. The van der Waals surface area contributed by atoms with Crippen molar-refractivity contribution in [2.45, 2.75) is 12.8 Å². The quantitative estimate of drug-likeness (QED) is 0.359. The Morgan fingerprint density at radius 1 is 0.677 bits per heavy atom. The van der Waals surface area contributed by atoms with Gasteiger partial charge in [0.2, 0.25) is 0 Å². The maximum Gasteiger partial charge on any atom is 0.257 e. The minimum atomic E-state index is -0.341. The first-order chi connectivity index (χ1) is 15.0. The summed E-state index contributed by atoms with van der Waals surface area (Å²) in [5, 5.41) is 5.64. The number of amides is 2. The normalized spacial score (nSPS) is 10.5. The molecule has 160 valence electrons. The van der Waals surface area contributed by atoms with E-state index in [-0.39, 0.29) is 17.5 Å². The van der Waals surface area contributed by atoms with Crippen LogP contribution in [0, 0.1) is 0 Å². The van der Waals surface area contributed by atoms with Crippen molar-refractivity contribution in [2.24, 2.45) is 11.5 Å². The molecule has 0 aliphatic rings. The van der Waals surface area contributed by atoms with E-state index in [2.05, 4.69) is 10.6 Å². The Bertz CT molecular complexity index is 1050. The van der Waals surface area contributed by atoms with Crippen molar-refractivity contribution in [2.75, 3.05) is 29.5 Å². The minimum Gasteiger partial charge on any atom is -0.398 e. The summed E-state index contributed by atoms with van der Waals surface area (Å²) in [6, 6.07) is 19.6. The number of anilines is 3. The van der Waals surface area contributed by atoms with Gasteiger partial charge in [-0.15, -0.1) is 0 Å². The van der Waals surface area contributed by atoms with Gasteiger partial charge in [-0.3, -0.25) is 9.59 Å². The third-order valence-electron chi connectivity index (χ3n) is 4.85. The van der Waals surface area contributed by atoms with Gasteiger partial charge in [-0.05, 0) is 79.5 Å². The molecule has 0 bridgehead atoms. The molecule has 3 rings (SSSR count). The molecule has 0 heterocycles. The molecule has 0 aliphatic carbocycles. The molecular formula is C24H27N5O2. The minimum absolute atomic E-state index is 0.225. The summed E-state index contributed by atoms with van der Waals surface area (Å²) in [6.45, 7) is 1.15. The monoisotopic (exact) mass is 417 g/mol. The van der Waals surface area contributed by atoms with E-state index in [1.165, 1.54) is 6.07 Å². The Morgan fingerprint density at radius 3 is 1.61 bits per heavy atom. The highest BCUT2D eigenvalue weighted by atomic mass is 16.2. The van der Waals surface area contributed by atoms with Crippen LogP contribution in [0.15, 0.2) is 66.7 Å². The van der Waals surface area contributed by atoms with Crippen LogP contribution < -0.4 is 27.8 Å². The second-order valence-corrected chi connectivity index (χ2v) is 7.18. The summed E-state index contributed by atoms with van der Waals surface area (Å²) < 4.78 is 0. The predicted molar refractivity (Wildman–Crippen MR) is 125 cm³/mol. The van der Waals surface area contributed by atoms with E-state index >= 15 is 0 Å². The number of rotatable bonds is 8. The number of nitrogens with one attached hydrogen (secondary N) is 2. The molecule has 0 fully saturated rings. The number of hydrogen-bond acceptors (Lipinski definition) is 5. The number of nitrogens with two attached hydrogens (primary N) is 3. The summed E-state index contributed by atoms with van der Waals surface area (Å²) >= 11 is 0. The van der Waals surface area contributed by atoms with Gasteiger partial charge in [-0.1, -0.05) is 24.3 Å². The van der Waals surface area contributed by atoms with Crippen LogP contribution in [0.5, 0.6) is 0 Å². The van der Waals surface area contributed by atoms with Crippen LogP contribution in [0.1, 0.15) is 31.8 Å². The Hall–Kier alpha value is -3.68. The van der Waals surface area contributed by atoms with Gasteiger partial charge in [0.05, 0.1) is 5.56 Å². The summed E-state index contributed by atoms with van der Waals surface area (Å²) in [5.74, 6) is -0.646. The third-order valence-corrected chi connectivity index (χ3v) is 4.85. The van der Waals surface area contributed by atoms with Gasteiger partial charge in [0, 0.05) is 22.6 Å². The summed E-state index contributed by atoms with van der Waals surface area (Å²) in [7, 11) is 0. The molecule has 0 saturated heterocycles. The number of hydrogen-bond donors (Lipinski definition) is 5. The van der Waals surface area contributed by atoms with Crippen molar-refractivity contribution in [3.63, 3.8) is 0 Å². The maximum absolute atomic E-state index is 12.6. The molecule has 0 radical (unpaired) electrons. The van der Waals surface area contributed by atoms with E-state index in [4.69, 9.17) is 17.2 Å². The van der Waals surface area contributed by atoms with Crippen LogP contribution in [0.25, 0.3) is 0 Å². The number of carbonyl (C=O) groups excluding carboxylic acids is 2. The van der Waals surface area contributed by atoms with E-state index in [0.29, 0.717) is 35.6 Å². The lowest BCUT2D eigenvalue weighted by Gasteiger charge is -2.11. The number of carbonyl (C=O) groups is 2. The van der Waals surface area contributed by atoms with Gasteiger partial charge in [-0.2, -0.15) is 0 Å². The highest BCUT2D eigenvalue weighted by Crippen LogP contribution is 2.19. The SMILES string of the molecule is NCCc1ccc(NC(=O)c2ccc(C(=O)Nc3ccc(CCN)cc3)c(N)c2)cc1. The van der Waals surface area contributed by atoms with Crippen molar-refractivity contribution in [1.29, 1.82) is 0 Å². The molecule has 3 aromatic rings. The van der Waals surface area contributed by atoms with Crippen molar-refractivity contribution in [3.05, 3.63) is 89.0 Å². The molecule has 3 aromatic carbocycles. The van der Waals surface area contributed by atoms with E-state index in [1.807, 2.05) is 48.5 Å². The van der Waals surface area contributed by atoms with Gasteiger partial charge < -0.3 is 27.8 Å². The second kappa shape index (κ2) is 10.4. The molecule has 0 saturated carbocycles. The number of nitrogen functional groups attached to an aromatic ring is 1. The van der Waals surface area contributed by atoms with Crippen LogP contribution in [-0.4, -0.2) is 24.9 Å². The third kappa shape index (κ3) is 5.91. The molecule has 7 heteroatoms. The fraction of sp³-hybridized carbons (Fsp3) is 0.167. The largest absolute Gasteiger partial charge is 0.398 e. The fourth-order valence-electron chi connectivity index (χ4n) is 3.16. The summed E-state index contributed by atoms with van der Waals surface area (Å²) in [5.41, 5.74) is 21.6. The van der Waals surface area contributed by atoms with Crippen LogP contribution >= 0.6 is 0 Å². The van der Waals surface area contributed by atoms with Crippen LogP contribution in [-0.2, 0) is 12.8 Å².